The Bertz CT molecular complexity index is 291. The van der Waals surface area contributed by atoms with Crippen molar-refractivity contribution in [1.29, 1.82) is 0 Å². The van der Waals surface area contributed by atoms with Crippen molar-refractivity contribution in [2.45, 2.75) is 51.9 Å². The van der Waals surface area contributed by atoms with Gasteiger partial charge in [-0.3, -0.25) is 0 Å². The number of carboxylic acids is 1. The summed E-state index contributed by atoms with van der Waals surface area (Å²) in [6, 6.07) is 0. The smallest absolute Gasteiger partial charge is 0.330 e. The first-order chi connectivity index (χ1) is 8.18. The Morgan fingerprint density at radius 3 is 2.35 bits per heavy atom. The van der Waals surface area contributed by atoms with Crippen LogP contribution in [-0.2, 0) is 9.59 Å². The van der Waals surface area contributed by atoms with Gasteiger partial charge in [0.2, 0.25) is 6.08 Å². The number of carbonyl (C=O) groups is 1. The van der Waals surface area contributed by atoms with Gasteiger partial charge in [-0.1, -0.05) is 31.8 Å². The van der Waals surface area contributed by atoms with Gasteiger partial charge in [0, 0.05) is 5.57 Å². The number of hydrogen-bond donors (Lipinski definition) is 1. The quantitative estimate of drug-likeness (QED) is 0.276. The van der Waals surface area contributed by atoms with Gasteiger partial charge in [0.1, 0.15) is 0 Å². The topological polar surface area (TPSA) is 66.7 Å². The summed E-state index contributed by atoms with van der Waals surface area (Å²) < 4.78 is 0. The van der Waals surface area contributed by atoms with Crippen LogP contribution in [0.4, 0.5) is 0 Å². The van der Waals surface area contributed by atoms with Gasteiger partial charge in [0.05, 0.1) is 6.54 Å². The second-order valence-corrected chi connectivity index (χ2v) is 4.08. The Kier molecular flexibility index (Phi) is 10.2. The van der Waals surface area contributed by atoms with Crippen LogP contribution in [0.1, 0.15) is 51.9 Å². The maximum atomic E-state index is 10.5. The van der Waals surface area contributed by atoms with E-state index in [4.69, 9.17) is 5.11 Å². The first kappa shape index (κ1) is 15.6. The van der Waals surface area contributed by atoms with Crippen molar-refractivity contribution in [2.24, 2.45) is 4.99 Å². The predicted octanol–water partition coefficient (Wildman–Crippen LogP) is 3.08. The minimum absolute atomic E-state index is 0.428. The SMILES string of the molecule is CC(=CCCCCCCCCN=C=O)C(=O)O. The fourth-order valence-corrected chi connectivity index (χ4v) is 1.49. The third-order valence-electron chi connectivity index (χ3n) is 2.58. The van der Waals surface area contributed by atoms with Gasteiger partial charge in [-0.25, -0.2) is 14.6 Å². The molecular formula is C13H21NO3. The van der Waals surface area contributed by atoms with Gasteiger partial charge < -0.3 is 5.11 Å². The number of isocyanates is 1. The summed E-state index contributed by atoms with van der Waals surface area (Å²) >= 11 is 0. The molecule has 0 aromatic heterocycles. The summed E-state index contributed by atoms with van der Waals surface area (Å²) in [5, 5.41) is 8.62. The fraction of sp³-hybridized carbons (Fsp3) is 0.692. The summed E-state index contributed by atoms with van der Waals surface area (Å²) in [6.45, 7) is 2.21. The standard InChI is InChI=1S/C13H21NO3/c1-12(13(16)17)9-7-5-3-2-4-6-8-10-14-11-15/h9H,2-8,10H2,1H3,(H,16,17). The predicted molar refractivity (Wildman–Crippen MR) is 66.7 cm³/mol. The highest BCUT2D eigenvalue weighted by Crippen LogP contribution is 2.08. The van der Waals surface area contributed by atoms with E-state index in [0.29, 0.717) is 12.1 Å². The molecule has 0 spiro atoms. The average molecular weight is 239 g/mol. The van der Waals surface area contributed by atoms with Crippen LogP contribution in [0.3, 0.4) is 0 Å². The van der Waals surface area contributed by atoms with E-state index in [1.54, 1.807) is 13.0 Å². The van der Waals surface area contributed by atoms with Crippen molar-refractivity contribution >= 4 is 12.0 Å². The van der Waals surface area contributed by atoms with Crippen LogP contribution in [-0.4, -0.2) is 23.7 Å². The lowest BCUT2D eigenvalue weighted by Crippen LogP contribution is -1.95. The molecule has 0 amide bonds. The minimum Gasteiger partial charge on any atom is -0.478 e. The van der Waals surface area contributed by atoms with E-state index in [0.717, 1.165) is 44.9 Å². The van der Waals surface area contributed by atoms with E-state index in [1.807, 2.05) is 0 Å². The molecule has 0 saturated heterocycles. The summed E-state index contributed by atoms with van der Waals surface area (Å²) in [5.74, 6) is -0.833. The van der Waals surface area contributed by atoms with E-state index in [-0.39, 0.29) is 0 Å². The molecule has 0 atom stereocenters. The number of rotatable bonds is 10. The molecule has 0 fully saturated rings. The summed E-state index contributed by atoms with van der Waals surface area (Å²) in [7, 11) is 0. The van der Waals surface area contributed by atoms with Crippen LogP contribution in [0.5, 0.6) is 0 Å². The molecule has 4 heteroatoms. The molecule has 0 aliphatic rings. The van der Waals surface area contributed by atoms with Crippen molar-refractivity contribution in [1.82, 2.24) is 0 Å². The summed E-state index contributed by atoms with van der Waals surface area (Å²) in [6.07, 6.45) is 10.7. The molecule has 0 heterocycles. The molecule has 0 unspecified atom stereocenters. The zero-order valence-corrected chi connectivity index (χ0v) is 10.4. The maximum absolute atomic E-state index is 10.5. The van der Waals surface area contributed by atoms with Crippen LogP contribution < -0.4 is 0 Å². The third-order valence-corrected chi connectivity index (χ3v) is 2.58. The molecule has 0 rings (SSSR count). The lowest BCUT2D eigenvalue weighted by molar-refractivity contribution is -0.132. The molecule has 96 valence electrons. The zero-order chi connectivity index (χ0) is 12.9. The van der Waals surface area contributed by atoms with Crippen LogP contribution in [0.25, 0.3) is 0 Å². The Balaban J connectivity index is 3.27. The number of aliphatic imine (C=N–C) groups is 1. The van der Waals surface area contributed by atoms with Gasteiger partial charge in [0.25, 0.3) is 0 Å². The molecular weight excluding hydrogens is 218 g/mol. The molecule has 0 aromatic rings. The summed E-state index contributed by atoms with van der Waals surface area (Å²) in [4.78, 5) is 23.7. The lowest BCUT2D eigenvalue weighted by Gasteiger charge is -1.99. The van der Waals surface area contributed by atoms with Crippen molar-refractivity contribution < 1.29 is 14.7 Å². The van der Waals surface area contributed by atoms with Crippen molar-refractivity contribution in [3.05, 3.63) is 11.6 Å². The Labute approximate surface area is 102 Å². The first-order valence-corrected chi connectivity index (χ1v) is 6.12. The van der Waals surface area contributed by atoms with E-state index in [1.165, 1.54) is 6.08 Å². The number of allylic oxidation sites excluding steroid dienone is 1. The molecule has 1 N–H and O–H groups in total. The van der Waals surface area contributed by atoms with Crippen molar-refractivity contribution in [3.63, 3.8) is 0 Å². The number of carboxylic acid groups (broad SMARTS) is 1. The Morgan fingerprint density at radius 1 is 1.18 bits per heavy atom. The van der Waals surface area contributed by atoms with Gasteiger partial charge in [-0.2, -0.15) is 0 Å². The van der Waals surface area contributed by atoms with E-state index >= 15 is 0 Å². The lowest BCUT2D eigenvalue weighted by atomic mass is 10.1. The van der Waals surface area contributed by atoms with Gasteiger partial charge in [-0.15, -0.1) is 0 Å². The second-order valence-electron chi connectivity index (χ2n) is 4.08. The molecule has 0 aliphatic heterocycles. The van der Waals surface area contributed by atoms with E-state index < -0.39 is 5.97 Å². The van der Waals surface area contributed by atoms with Gasteiger partial charge >= 0.3 is 5.97 Å². The van der Waals surface area contributed by atoms with Gasteiger partial charge in [0.15, 0.2) is 0 Å². The summed E-state index contributed by atoms with van der Waals surface area (Å²) in [5.41, 5.74) is 0.428. The average Bonchev–Trinajstić information content (AvgIpc) is 2.31. The fourth-order valence-electron chi connectivity index (χ4n) is 1.49. The molecule has 4 nitrogen and oxygen atoms in total. The zero-order valence-electron chi connectivity index (χ0n) is 10.4. The van der Waals surface area contributed by atoms with Crippen LogP contribution in [0, 0.1) is 0 Å². The van der Waals surface area contributed by atoms with Crippen LogP contribution >= 0.6 is 0 Å². The number of nitrogens with zero attached hydrogens (tertiary/aromatic N) is 1. The highest BCUT2D eigenvalue weighted by molar-refractivity contribution is 5.85. The second kappa shape index (κ2) is 11.1. The Hall–Kier alpha value is -1.41. The minimum atomic E-state index is -0.833. The largest absolute Gasteiger partial charge is 0.478 e. The molecule has 0 saturated carbocycles. The van der Waals surface area contributed by atoms with Crippen LogP contribution in [0.2, 0.25) is 0 Å². The molecule has 17 heavy (non-hydrogen) atoms. The monoisotopic (exact) mass is 239 g/mol. The number of carbonyl (C=O) groups excluding carboxylic acids is 1. The highest BCUT2D eigenvalue weighted by Gasteiger charge is 1.97. The van der Waals surface area contributed by atoms with Crippen molar-refractivity contribution in [2.75, 3.05) is 6.54 Å². The molecule has 0 aromatic carbocycles. The molecule has 0 radical (unpaired) electrons. The Morgan fingerprint density at radius 2 is 1.76 bits per heavy atom. The highest BCUT2D eigenvalue weighted by atomic mass is 16.4. The van der Waals surface area contributed by atoms with E-state index in [2.05, 4.69) is 4.99 Å². The third kappa shape index (κ3) is 10.9. The first-order valence-electron chi connectivity index (χ1n) is 6.12. The van der Waals surface area contributed by atoms with Crippen molar-refractivity contribution in [3.8, 4) is 0 Å². The number of hydrogen-bond acceptors (Lipinski definition) is 3. The molecule has 0 bridgehead atoms. The maximum Gasteiger partial charge on any atom is 0.330 e. The normalized spacial score (nSPS) is 11.0. The van der Waals surface area contributed by atoms with Crippen LogP contribution in [0.15, 0.2) is 16.6 Å². The molecule has 0 aliphatic carbocycles. The van der Waals surface area contributed by atoms with Gasteiger partial charge in [-0.05, 0) is 26.2 Å². The van der Waals surface area contributed by atoms with E-state index in [9.17, 15) is 9.59 Å². The number of unbranched alkanes of at least 4 members (excludes halogenated alkanes) is 6. The number of aliphatic carboxylic acids is 1.